The van der Waals surface area contributed by atoms with Crippen LogP contribution in [-0.4, -0.2) is 28.4 Å². The number of anilines is 1. The second-order valence-electron chi connectivity index (χ2n) is 3.39. The zero-order valence-electron chi connectivity index (χ0n) is 9.09. The lowest BCUT2D eigenvalue weighted by Crippen LogP contribution is -2.29. The van der Waals surface area contributed by atoms with Crippen molar-refractivity contribution in [2.75, 3.05) is 17.2 Å². The first-order valence-electron chi connectivity index (χ1n) is 5.23. The summed E-state index contributed by atoms with van der Waals surface area (Å²) in [6.07, 6.45) is 4.37. The summed E-state index contributed by atoms with van der Waals surface area (Å²) in [5, 5.41) is 0.792. The number of thioether (sulfide) groups is 1. The summed E-state index contributed by atoms with van der Waals surface area (Å²) in [5.74, 6) is 0.546. The third kappa shape index (κ3) is 2.24. The van der Waals surface area contributed by atoms with Crippen LogP contribution in [0.4, 0.5) is 5.69 Å². The minimum atomic E-state index is 0.0767. The minimum absolute atomic E-state index is 0.0767. The van der Waals surface area contributed by atoms with Crippen LogP contribution < -0.4 is 4.90 Å². The molecule has 1 aliphatic rings. The van der Waals surface area contributed by atoms with Crippen LogP contribution in [0.5, 0.6) is 0 Å². The number of pyridine rings is 1. The predicted octanol–water partition coefficient (Wildman–Crippen LogP) is 1.93. The summed E-state index contributed by atoms with van der Waals surface area (Å²) in [6.45, 7) is 2.83. The van der Waals surface area contributed by atoms with E-state index in [1.165, 1.54) is 11.8 Å². The van der Waals surface area contributed by atoms with E-state index < -0.39 is 0 Å². The molecule has 0 unspecified atom stereocenters. The first kappa shape index (κ1) is 11.1. The molecule has 0 spiro atoms. The number of amidine groups is 1. The third-order valence-electron chi connectivity index (χ3n) is 2.14. The van der Waals surface area contributed by atoms with E-state index in [9.17, 15) is 4.79 Å². The van der Waals surface area contributed by atoms with Crippen LogP contribution >= 0.6 is 11.8 Å². The monoisotopic (exact) mass is 235 g/mol. The molecule has 0 atom stereocenters. The molecule has 5 heteroatoms. The van der Waals surface area contributed by atoms with E-state index in [-0.39, 0.29) is 5.91 Å². The zero-order chi connectivity index (χ0) is 11.4. The van der Waals surface area contributed by atoms with E-state index in [0.29, 0.717) is 5.75 Å². The van der Waals surface area contributed by atoms with Crippen LogP contribution in [0, 0.1) is 0 Å². The molecule has 0 bridgehead atoms. The Morgan fingerprint density at radius 2 is 2.50 bits per heavy atom. The number of amides is 1. The average Bonchev–Trinajstić information content (AvgIpc) is 2.69. The lowest BCUT2D eigenvalue weighted by Gasteiger charge is -2.15. The lowest BCUT2D eigenvalue weighted by molar-refractivity contribution is -0.115. The van der Waals surface area contributed by atoms with Gasteiger partial charge in [-0.05, 0) is 18.6 Å². The number of nitrogens with zero attached hydrogens (tertiary/aromatic N) is 3. The Balaban J connectivity index is 2.26. The van der Waals surface area contributed by atoms with Crippen molar-refractivity contribution < 1.29 is 4.79 Å². The third-order valence-corrected chi connectivity index (χ3v) is 3.10. The Bertz CT molecular complexity index is 405. The van der Waals surface area contributed by atoms with E-state index in [0.717, 1.165) is 23.8 Å². The van der Waals surface area contributed by atoms with E-state index in [1.807, 2.05) is 12.1 Å². The highest BCUT2D eigenvalue weighted by atomic mass is 32.2. The van der Waals surface area contributed by atoms with Crippen LogP contribution in [0.25, 0.3) is 0 Å². The van der Waals surface area contributed by atoms with E-state index in [1.54, 1.807) is 17.3 Å². The van der Waals surface area contributed by atoms with Gasteiger partial charge >= 0.3 is 0 Å². The van der Waals surface area contributed by atoms with Gasteiger partial charge in [-0.15, -0.1) is 0 Å². The van der Waals surface area contributed by atoms with Gasteiger partial charge in [0.05, 0.1) is 17.6 Å². The van der Waals surface area contributed by atoms with Crippen LogP contribution in [0.1, 0.15) is 13.3 Å². The number of hydrogen-bond donors (Lipinski definition) is 0. The number of carbonyl (C=O) groups excluding carboxylic acids is 1. The van der Waals surface area contributed by atoms with Crippen LogP contribution in [0.15, 0.2) is 29.5 Å². The Labute approximate surface area is 98.8 Å². The normalized spacial score (nSPS) is 18.4. The molecule has 0 N–H and O–H groups in total. The van der Waals surface area contributed by atoms with Crippen molar-refractivity contribution in [3.05, 3.63) is 24.5 Å². The first-order valence-corrected chi connectivity index (χ1v) is 6.21. The van der Waals surface area contributed by atoms with Crippen molar-refractivity contribution in [2.24, 2.45) is 4.99 Å². The summed E-state index contributed by atoms with van der Waals surface area (Å²) < 4.78 is 0. The second-order valence-corrected chi connectivity index (χ2v) is 4.34. The van der Waals surface area contributed by atoms with Crippen molar-refractivity contribution in [3.8, 4) is 0 Å². The molecule has 2 rings (SSSR count). The smallest absolute Gasteiger partial charge is 0.243 e. The number of carbonyl (C=O) groups is 1. The molecular weight excluding hydrogens is 222 g/mol. The van der Waals surface area contributed by atoms with Gasteiger partial charge in [0.15, 0.2) is 5.17 Å². The van der Waals surface area contributed by atoms with E-state index in [4.69, 9.17) is 0 Å². The Hall–Kier alpha value is -1.36. The molecule has 2 heterocycles. The molecule has 0 aromatic carbocycles. The molecule has 1 aliphatic heterocycles. The van der Waals surface area contributed by atoms with Gasteiger partial charge in [-0.2, -0.15) is 0 Å². The highest BCUT2D eigenvalue weighted by molar-refractivity contribution is 8.15. The molecular formula is C11H13N3OS. The quantitative estimate of drug-likeness (QED) is 0.804. The lowest BCUT2D eigenvalue weighted by atomic mass is 10.4. The summed E-state index contributed by atoms with van der Waals surface area (Å²) in [5.41, 5.74) is 0.798. The Morgan fingerprint density at radius 1 is 1.62 bits per heavy atom. The maximum atomic E-state index is 11.7. The van der Waals surface area contributed by atoms with Crippen molar-refractivity contribution in [1.29, 1.82) is 0 Å². The fourth-order valence-electron chi connectivity index (χ4n) is 1.43. The van der Waals surface area contributed by atoms with Gasteiger partial charge in [0.25, 0.3) is 0 Å². The van der Waals surface area contributed by atoms with Crippen LogP contribution in [-0.2, 0) is 4.79 Å². The Kier molecular flexibility index (Phi) is 3.56. The summed E-state index contributed by atoms with van der Waals surface area (Å²) >= 11 is 1.49. The van der Waals surface area contributed by atoms with Gasteiger partial charge in [0, 0.05) is 12.7 Å². The molecule has 4 nitrogen and oxygen atoms in total. The summed E-state index contributed by atoms with van der Waals surface area (Å²) in [7, 11) is 0. The molecule has 1 fully saturated rings. The standard InChI is InChI=1S/C11H13N3OS/c1-2-5-13-11-14(10(15)8-16-11)9-4-3-6-12-7-9/h3-4,6-7H,2,5,8H2,1H3. The first-order chi connectivity index (χ1) is 7.83. The molecule has 84 valence electrons. The average molecular weight is 235 g/mol. The van der Waals surface area contributed by atoms with Gasteiger partial charge in [-0.1, -0.05) is 18.7 Å². The van der Waals surface area contributed by atoms with Crippen molar-refractivity contribution in [1.82, 2.24) is 4.98 Å². The summed E-state index contributed by atoms with van der Waals surface area (Å²) in [6, 6.07) is 3.70. The zero-order valence-corrected chi connectivity index (χ0v) is 9.91. The van der Waals surface area contributed by atoms with Crippen molar-refractivity contribution in [2.45, 2.75) is 13.3 Å². The predicted molar refractivity (Wildman–Crippen MR) is 66.8 cm³/mol. The van der Waals surface area contributed by atoms with Crippen LogP contribution in [0.2, 0.25) is 0 Å². The second kappa shape index (κ2) is 5.12. The van der Waals surface area contributed by atoms with Gasteiger partial charge in [0.2, 0.25) is 5.91 Å². The van der Waals surface area contributed by atoms with Crippen molar-refractivity contribution in [3.63, 3.8) is 0 Å². The van der Waals surface area contributed by atoms with Crippen LogP contribution in [0.3, 0.4) is 0 Å². The molecule has 0 saturated carbocycles. The fraction of sp³-hybridized carbons (Fsp3) is 0.364. The molecule has 16 heavy (non-hydrogen) atoms. The van der Waals surface area contributed by atoms with E-state index >= 15 is 0 Å². The minimum Gasteiger partial charge on any atom is -0.273 e. The molecule has 1 aromatic rings. The fourth-order valence-corrected chi connectivity index (χ4v) is 2.33. The maximum absolute atomic E-state index is 11.7. The molecule has 0 aliphatic carbocycles. The molecule has 1 aromatic heterocycles. The van der Waals surface area contributed by atoms with Gasteiger partial charge in [-0.3, -0.25) is 19.7 Å². The highest BCUT2D eigenvalue weighted by Gasteiger charge is 2.29. The van der Waals surface area contributed by atoms with Crippen molar-refractivity contribution >= 4 is 28.5 Å². The number of aromatic nitrogens is 1. The van der Waals surface area contributed by atoms with Gasteiger partial charge < -0.3 is 0 Å². The Morgan fingerprint density at radius 3 is 3.19 bits per heavy atom. The molecule has 0 radical (unpaired) electrons. The topological polar surface area (TPSA) is 45.6 Å². The molecule has 1 amide bonds. The number of hydrogen-bond acceptors (Lipinski definition) is 4. The SMILES string of the molecule is CCCN=C1SCC(=O)N1c1cccnc1. The van der Waals surface area contributed by atoms with Gasteiger partial charge in [0.1, 0.15) is 0 Å². The highest BCUT2D eigenvalue weighted by Crippen LogP contribution is 2.25. The molecule has 1 saturated heterocycles. The van der Waals surface area contributed by atoms with E-state index in [2.05, 4.69) is 16.9 Å². The summed E-state index contributed by atoms with van der Waals surface area (Å²) in [4.78, 5) is 21.8. The maximum Gasteiger partial charge on any atom is 0.243 e. The number of rotatable bonds is 3. The van der Waals surface area contributed by atoms with Gasteiger partial charge in [-0.25, -0.2) is 0 Å². The number of aliphatic imine (C=N–C) groups is 1. The largest absolute Gasteiger partial charge is 0.273 e.